The molecule has 4 nitrogen and oxygen atoms in total. The van der Waals surface area contributed by atoms with Gasteiger partial charge in [-0.3, -0.25) is 4.79 Å². The second-order valence-electron chi connectivity index (χ2n) is 16.6. The third kappa shape index (κ3) is 27.1. The minimum absolute atomic E-state index is 0.0525. The molecule has 0 spiro atoms. The normalized spacial score (nSPS) is 13.5. The van der Waals surface area contributed by atoms with Gasteiger partial charge >= 0.3 is 5.97 Å². The highest BCUT2D eigenvalue weighted by atomic mass is 28.4. The molecule has 0 aliphatic carbocycles. The molecule has 0 rings (SSSR count). The maximum atomic E-state index is 13.1. The average Bonchev–Trinajstić information content (AvgIpc) is 3.05. The van der Waals surface area contributed by atoms with E-state index in [4.69, 9.17) is 9.16 Å². The van der Waals surface area contributed by atoms with Crippen molar-refractivity contribution in [1.82, 2.24) is 0 Å². The molecule has 2 atom stereocenters. The Labute approximate surface area is 302 Å². The number of aldehydes is 1. The lowest BCUT2D eigenvalue weighted by Gasteiger charge is -2.41. The van der Waals surface area contributed by atoms with Gasteiger partial charge in [0, 0.05) is 6.42 Å². The van der Waals surface area contributed by atoms with Crippen LogP contribution >= 0.6 is 0 Å². The Hall–Kier alpha value is -0.683. The minimum Gasteiger partial charge on any atom is -0.469 e. The van der Waals surface area contributed by atoms with Crippen LogP contribution in [0.2, 0.25) is 18.1 Å². The fraction of sp³-hybridized carbons (Fsp3) is 0.953. The van der Waals surface area contributed by atoms with Gasteiger partial charge in [-0.1, -0.05) is 201 Å². The summed E-state index contributed by atoms with van der Waals surface area (Å²) in [6, 6.07) is 0. The van der Waals surface area contributed by atoms with E-state index in [1.807, 2.05) is 0 Å². The van der Waals surface area contributed by atoms with E-state index in [-0.39, 0.29) is 23.0 Å². The molecule has 0 aromatic carbocycles. The number of carbonyl (C=O) groups is 2. The van der Waals surface area contributed by atoms with Crippen LogP contribution in [0.1, 0.15) is 227 Å². The van der Waals surface area contributed by atoms with Crippen LogP contribution in [-0.4, -0.2) is 33.8 Å². The van der Waals surface area contributed by atoms with Crippen molar-refractivity contribution in [2.24, 2.45) is 5.92 Å². The van der Waals surface area contributed by atoms with Crippen molar-refractivity contribution in [3.8, 4) is 0 Å². The van der Waals surface area contributed by atoms with Gasteiger partial charge in [0.25, 0.3) is 0 Å². The molecule has 286 valence electrons. The molecule has 0 fully saturated rings. The molecule has 0 amide bonds. The van der Waals surface area contributed by atoms with Gasteiger partial charge in [-0.2, -0.15) is 0 Å². The van der Waals surface area contributed by atoms with E-state index in [1.165, 1.54) is 155 Å². The lowest BCUT2D eigenvalue weighted by molar-refractivity contribution is -0.149. The summed E-state index contributed by atoms with van der Waals surface area (Å²) in [6.07, 6.45) is 40.8. The fourth-order valence-electron chi connectivity index (χ4n) is 6.76. The second-order valence-corrected chi connectivity index (χ2v) is 21.4. The summed E-state index contributed by atoms with van der Waals surface area (Å²) in [7, 11) is -0.481. The smallest absolute Gasteiger partial charge is 0.311 e. The van der Waals surface area contributed by atoms with E-state index in [1.54, 1.807) is 0 Å². The van der Waals surface area contributed by atoms with Crippen LogP contribution in [0.5, 0.6) is 0 Å². The zero-order valence-corrected chi connectivity index (χ0v) is 34.8. The van der Waals surface area contributed by atoms with Gasteiger partial charge in [-0.05, 0) is 37.4 Å². The van der Waals surface area contributed by atoms with Crippen LogP contribution in [0.3, 0.4) is 0 Å². The van der Waals surface area contributed by atoms with Gasteiger partial charge in [0.1, 0.15) is 6.29 Å². The molecule has 0 bridgehead atoms. The summed E-state index contributed by atoms with van der Waals surface area (Å²) in [5.41, 5.74) is 0. The van der Waals surface area contributed by atoms with E-state index in [2.05, 4.69) is 40.8 Å². The second kappa shape index (κ2) is 32.2. The maximum Gasteiger partial charge on any atom is 0.311 e. The zero-order valence-electron chi connectivity index (χ0n) is 33.8. The number of carbonyl (C=O) groups excluding carboxylic acids is 2. The van der Waals surface area contributed by atoms with Crippen molar-refractivity contribution in [2.75, 3.05) is 7.11 Å². The Morgan fingerprint density at radius 2 is 0.896 bits per heavy atom. The highest BCUT2D eigenvalue weighted by Crippen LogP contribution is 2.39. The number of hydrogen-bond donors (Lipinski definition) is 0. The molecule has 0 aromatic rings. The van der Waals surface area contributed by atoms with Crippen molar-refractivity contribution in [2.45, 2.75) is 251 Å². The summed E-state index contributed by atoms with van der Waals surface area (Å²) in [6.45, 7) is 13.8. The van der Waals surface area contributed by atoms with Crippen LogP contribution in [-0.2, 0) is 18.8 Å². The van der Waals surface area contributed by atoms with E-state index in [9.17, 15) is 9.59 Å². The first-order valence-electron chi connectivity index (χ1n) is 21.3. The Kier molecular flexibility index (Phi) is 31.8. The van der Waals surface area contributed by atoms with Crippen molar-refractivity contribution >= 4 is 20.6 Å². The van der Waals surface area contributed by atoms with Gasteiger partial charge in [-0.25, -0.2) is 0 Å². The first-order valence-corrected chi connectivity index (χ1v) is 24.2. The summed E-state index contributed by atoms with van der Waals surface area (Å²) >= 11 is 0. The third-order valence-corrected chi connectivity index (χ3v) is 15.6. The lowest BCUT2D eigenvalue weighted by Crippen LogP contribution is -2.47. The predicted molar refractivity (Wildman–Crippen MR) is 212 cm³/mol. The Morgan fingerprint density at radius 3 is 1.23 bits per heavy atom. The van der Waals surface area contributed by atoms with Crippen LogP contribution in [0, 0.1) is 5.92 Å². The van der Waals surface area contributed by atoms with Gasteiger partial charge in [0.15, 0.2) is 8.32 Å². The molecule has 0 unspecified atom stereocenters. The largest absolute Gasteiger partial charge is 0.469 e. The molecule has 0 aromatic heterocycles. The maximum absolute atomic E-state index is 13.1. The number of rotatable bonds is 36. The van der Waals surface area contributed by atoms with E-state index in [0.717, 1.165) is 51.2 Å². The Morgan fingerprint density at radius 1 is 0.562 bits per heavy atom. The first-order chi connectivity index (χ1) is 23.1. The highest BCUT2D eigenvalue weighted by Gasteiger charge is 2.42. The molecule has 48 heavy (non-hydrogen) atoms. The fourth-order valence-corrected chi connectivity index (χ4v) is 8.15. The van der Waals surface area contributed by atoms with Gasteiger partial charge in [0.2, 0.25) is 0 Å². The van der Waals surface area contributed by atoms with E-state index < -0.39 is 8.32 Å². The third-order valence-electron chi connectivity index (χ3n) is 11.1. The molecule has 0 saturated carbocycles. The zero-order chi connectivity index (χ0) is 35.8. The number of ether oxygens (including phenoxy) is 1. The van der Waals surface area contributed by atoms with Crippen LogP contribution in [0.15, 0.2) is 0 Å². The molecule has 0 aliphatic rings. The van der Waals surface area contributed by atoms with Gasteiger partial charge < -0.3 is 14.0 Å². The van der Waals surface area contributed by atoms with Crippen LogP contribution < -0.4 is 0 Å². The summed E-state index contributed by atoms with van der Waals surface area (Å²) in [5.74, 6) is -0.252. The molecular formula is C43H86O4Si. The van der Waals surface area contributed by atoms with Crippen LogP contribution in [0.4, 0.5) is 0 Å². The Bertz CT molecular complexity index is 716. The SMILES string of the molecule is CCCCCCCCCCCCCCCCCCCCCCCC[C@@H](C(=O)OC)[C@@H](CCCCCCCCC=O)O[Si](C)(C)C(C)(C)C. The number of unbranched alkanes of at least 4 members (excludes halogenated alkanes) is 27. The first kappa shape index (κ1) is 47.3. The van der Waals surface area contributed by atoms with Gasteiger partial charge in [0.05, 0.1) is 19.1 Å². The molecule has 0 saturated heterocycles. The standard InChI is InChI=1S/C43H86O4Si/c1-8-9-10-11-12-13-14-15-16-17-18-19-20-21-22-23-24-25-26-28-31-34-37-40(42(45)46-5)41(47-48(6,7)43(2,3)4)38-35-32-29-27-30-33-36-39-44/h39-41H,8-38H2,1-7H3/t40-,41-/m1/s1. The molecule has 0 radical (unpaired) electrons. The molecule has 0 heterocycles. The van der Waals surface area contributed by atoms with Crippen molar-refractivity contribution in [1.29, 1.82) is 0 Å². The minimum atomic E-state index is -2.02. The van der Waals surface area contributed by atoms with E-state index >= 15 is 0 Å². The molecule has 5 heteroatoms. The van der Waals surface area contributed by atoms with Crippen molar-refractivity contribution in [3.05, 3.63) is 0 Å². The number of methoxy groups -OCH3 is 1. The summed E-state index contributed by atoms with van der Waals surface area (Å²) in [4.78, 5) is 23.6. The molecular weight excluding hydrogens is 609 g/mol. The predicted octanol–water partition coefficient (Wildman–Crippen LogP) is 14.5. The quantitative estimate of drug-likeness (QED) is 0.0283. The average molecular weight is 695 g/mol. The van der Waals surface area contributed by atoms with Crippen molar-refractivity contribution < 1.29 is 18.8 Å². The van der Waals surface area contributed by atoms with Crippen molar-refractivity contribution in [3.63, 3.8) is 0 Å². The Balaban J connectivity index is 4.18. The summed E-state index contributed by atoms with van der Waals surface area (Å²) in [5, 5.41) is 0.108. The van der Waals surface area contributed by atoms with E-state index in [0.29, 0.717) is 6.42 Å². The van der Waals surface area contributed by atoms with Gasteiger partial charge in [-0.15, -0.1) is 0 Å². The van der Waals surface area contributed by atoms with Crippen LogP contribution in [0.25, 0.3) is 0 Å². The number of hydrogen-bond acceptors (Lipinski definition) is 4. The lowest BCUT2D eigenvalue weighted by atomic mass is 9.91. The summed E-state index contributed by atoms with van der Waals surface area (Å²) < 4.78 is 12.3. The monoisotopic (exact) mass is 695 g/mol. The highest BCUT2D eigenvalue weighted by molar-refractivity contribution is 6.74. The topological polar surface area (TPSA) is 52.6 Å². The molecule has 0 aliphatic heterocycles. The number of esters is 1. The molecule has 0 N–H and O–H groups in total.